The fourth-order valence-corrected chi connectivity index (χ4v) is 3.38. The number of carbonyl (C=O) groups excluding carboxylic acids is 1. The van der Waals surface area contributed by atoms with Gasteiger partial charge in [-0.3, -0.25) is 4.79 Å². The third-order valence-electron chi connectivity index (χ3n) is 4.42. The first-order valence-corrected chi connectivity index (χ1v) is 7.25. The minimum Gasteiger partial charge on any atom is -0.380 e. The highest BCUT2D eigenvalue weighted by Gasteiger charge is 2.43. The molecule has 1 N–H and O–H groups in total. The fourth-order valence-electron chi connectivity index (χ4n) is 3.38. The van der Waals surface area contributed by atoms with Gasteiger partial charge in [-0.05, 0) is 32.2 Å². The van der Waals surface area contributed by atoms with Gasteiger partial charge >= 0.3 is 0 Å². The molecular weight excluding hydrogens is 228 g/mol. The van der Waals surface area contributed by atoms with Crippen LogP contribution in [0.4, 0.5) is 0 Å². The topological polar surface area (TPSA) is 41.6 Å². The van der Waals surface area contributed by atoms with E-state index in [0.717, 1.165) is 58.3 Å². The summed E-state index contributed by atoms with van der Waals surface area (Å²) in [6.07, 6.45) is 5.46. The van der Waals surface area contributed by atoms with Gasteiger partial charge in [-0.1, -0.05) is 13.3 Å². The monoisotopic (exact) mass is 254 g/mol. The van der Waals surface area contributed by atoms with Gasteiger partial charge < -0.3 is 15.0 Å². The molecule has 2 saturated heterocycles. The van der Waals surface area contributed by atoms with Crippen molar-refractivity contribution in [3.05, 3.63) is 0 Å². The summed E-state index contributed by atoms with van der Waals surface area (Å²) in [5, 5.41) is 3.36. The first kappa shape index (κ1) is 13.8. The smallest absolute Gasteiger partial charge is 0.230 e. The van der Waals surface area contributed by atoms with Crippen molar-refractivity contribution in [2.45, 2.75) is 45.1 Å². The number of rotatable bonds is 4. The average Bonchev–Trinajstić information content (AvgIpc) is 2.88. The minimum absolute atomic E-state index is 0.135. The van der Waals surface area contributed by atoms with Crippen LogP contribution in [0.2, 0.25) is 0 Å². The van der Waals surface area contributed by atoms with Gasteiger partial charge in [0.2, 0.25) is 5.91 Å². The summed E-state index contributed by atoms with van der Waals surface area (Å²) < 4.78 is 5.42. The van der Waals surface area contributed by atoms with Crippen molar-refractivity contribution in [3.63, 3.8) is 0 Å². The molecule has 0 aromatic carbocycles. The zero-order valence-electron chi connectivity index (χ0n) is 11.7. The van der Waals surface area contributed by atoms with Gasteiger partial charge in [0.05, 0.1) is 11.5 Å². The summed E-state index contributed by atoms with van der Waals surface area (Å²) in [5.41, 5.74) is -0.135. The highest BCUT2D eigenvalue weighted by atomic mass is 16.5. The predicted octanol–water partition coefficient (Wildman–Crippen LogP) is 1.40. The van der Waals surface area contributed by atoms with Crippen LogP contribution in [-0.4, -0.2) is 50.2 Å². The first-order valence-electron chi connectivity index (χ1n) is 7.25. The van der Waals surface area contributed by atoms with E-state index >= 15 is 0 Å². The quantitative estimate of drug-likeness (QED) is 0.824. The summed E-state index contributed by atoms with van der Waals surface area (Å²) in [6.45, 7) is 5.69. The molecule has 1 amide bonds. The number of carbonyl (C=O) groups is 1. The minimum atomic E-state index is -0.135. The lowest BCUT2D eigenvalue weighted by Crippen LogP contribution is -2.50. The molecule has 0 aromatic heterocycles. The molecule has 0 radical (unpaired) electrons. The Morgan fingerprint density at radius 3 is 3.00 bits per heavy atom. The summed E-state index contributed by atoms with van der Waals surface area (Å²) >= 11 is 0. The van der Waals surface area contributed by atoms with Gasteiger partial charge in [0.25, 0.3) is 0 Å². The van der Waals surface area contributed by atoms with Crippen molar-refractivity contribution in [3.8, 4) is 0 Å². The molecule has 2 atom stereocenters. The van der Waals surface area contributed by atoms with Crippen LogP contribution < -0.4 is 5.32 Å². The van der Waals surface area contributed by atoms with E-state index in [-0.39, 0.29) is 11.5 Å². The summed E-state index contributed by atoms with van der Waals surface area (Å²) in [7, 11) is 1.75. The first-order chi connectivity index (χ1) is 8.72. The number of amides is 1. The van der Waals surface area contributed by atoms with Gasteiger partial charge in [-0.15, -0.1) is 0 Å². The van der Waals surface area contributed by atoms with E-state index in [1.807, 2.05) is 4.90 Å². The van der Waals surface area contributed by atoms with Crippen molar-refractivity contribution in [1.29, 1.82) is 0 Å². The van der Waals surface area contributed by atoms with Crippen LogP contribution in [0, 0.1) is 5.41 Å². The maximum atomic E-state index is 12.8. The Morgan fingerprint density at radius 1 is 1.56 bits per heavy atom. The van der Waals surface area contributed by atoms with E-state index in [0.29, 0.717) is 5.91 Å². The Bertz CT molecular complexity index is 288. The van der Waals surface area contributed by atoms with Gasteiger partial charge in [-0.2, -0.15) is 0 Å². The number of hydrogen-bond acceptors (Lipinski definition) is 3. The number of likely N-dealkylation sites (tertiary alicyclic amines) is 1. The largest absolute Gasteiger partial charge is 0.380 e. The van der Waals surface area contributed by atoms with Gasteiger partial charge in [0, 0.05) is 26.7 Å². The number of methoxy groups -OCH3 is 1. The van der Waals surface area contributed by atoms with E-state index in [4.69, 9.17) is 4.74 Å². The molecule has 0 aromatic rings. The standard InChI is InChI=1S/C14H26N2O2/c1-3-6-14(7-8-15-11-14)13(17)16-9-4-5-12(10-16)18-2/h12,15H,3-11H2,1-2H3. The number of nitrogens with one attached hydrogen (secondary N) is 1. The maximum absolute atomic E-state index is 12.8. The molecule has 0 aliphatic carbocycles. The van der Waals surface area contributed by atoms with Crippen LogP contribution in [0.25, 0.3) is 0 Å². The molecule has 18 heavy (non-hydrogen) atoms. The summed E-state index contributed by atoms with van der Waals surface area (Å²) in [5.74, 6) is 0.358. The van der Waals surface area contributed by atoms with Crippen LogP contribution in [-0.2, 0) is 9.53 Å². The molecule has 0 spiro atoms. The number of ether oxygens (including phenoxy) is 1. The second-order valence-corrected chi connectivity index (χ2v) is 5.71. The third kappa shape index (κ3) is 2.69. The lowest BCUT2D eigenvalue weighted by atomic mass is 9.80. The van der Waals surface area contributed by atoms with E-state index in [1.54, 1.807) is 7.11 Å². The summed E-state index contributed by atoms with van der Waals surface area (Å²) in [6, 6.07) is 0. The Kier molecular flexibility index (Phi) is 4.62. The van der Waals surface area contributed by atoms with Crippen LogP contribution in [0.5, 0.6) is 0 Å². The second-order valence-electron chi connectivity index (χ2n) is 5.71. The Morgan fingerprint density at radius 2 is 2.39 bits per heavy atom. The molecule has 104 valence electrons. The predicted molar refractivity (Wildman–Crippen MR) is 71.4 cm³/mol. The van der Waals surface area contributed by atoms with E-state index in [1.165, 1.54) is 0 Å². The second kappa shape index (κ2) is 6.02. The maximum Gasteiger partial charge on any atom is 0.230 e. The zero-order chi connectivity index (χ0) is 13.0. The van der Waals surface area contributed by atoms with Crippen molar-refractivity contribution in [1.82, 2.24) is 10.2 Å². The molecule has 0 bridgehead atoms. The molecule has 2 aliphatic heterocycles. The van der Waals surface area contributed by atoms with Crippen molar-refractivity contribution >= 4 is 5.91 Å². The highest BCUT2D eigenvalue weighted by molar-refractivity contribution is 5.83. The van der Waals surface area contributed by atoms with Gasteiger partial charge in [0.15, 0.2) is 0 Å². The van der Waals surface area contributed by atoms with Crippen LogP contribution >= 0.6 is 0 Å². The Labute approximate surface area is 110 Å². The lowest BCUT2D eigenvalue weighted by Gasteiger charge is -2.38. The SMILES string of the molecule is CCCC1(C(=O)N2CCCC(OC)C2)CCNC1. The van der Waals surface area contributed by atoms with Crippen molar-refractivity contribution in [2.24, 2.45) is 5.41 Å². The summed E-state index contributed by atoms with van der Waals surface area (Å²) in [4.78, 5) is 14.8. The van der Waals surface area contributed by atoms with Crippen molar-refractivity contribution < 1.29 is 9.53 Å². The molecule has 0 saturated carbocycles. The molecule has 2 fully saturated rings. The molecule has 2 aliphatic rings. The Balaban J connectivity index is 2.04. The molecule has 4 heteroatoms. The molecule has 2 unspecified atom stereocenters. The van der Waals surface area contributed by atoms with Gasteiger partial charge in [-0.25, -0.2) is 0 Å². The van der Waals surface area contributed by atoms with E-state index in [2.05, 4.69) is 12.2 Å². The highest BCUT2D eigenvalue weighted by Crippen LogP contribution is 2.34. The molecule has 4 nitrogen and oxygen atoms in total. The molecule has 2 heterocycles. The number of hydrogen-bond donors (Lipinski definition) is 1. The average molecular weight is 254 g/mol. The van der Waals surface area contributed by atoms with Crippen LogP contribution in [0.3, 0.4) is 0 Å². The van der Waals surface area contributed by atoms with E-state index < -0.39 is 0 Å². The van der Waals surface area contributed by atoms with Gasteiger partial charge in [0.1, 0.15) is 0 Å². The van der Waals surface area contributed by atoms with E-state index in [9.17, 15) is 4.79 Å². The zero-order valence-corrected chi connectivity index (χ0v) is 11.7. The van der Waals surface area contributed by atoms with Crippen LogP contribution in [0.15, 0.2) is 0 Å². The third-order valence-corrected chi connectivity index (χ3v) is 4.42. The Hall–Kier alpha value is -0.610. The molecule has 2 rings (SSSR count). The number of nitrogens with zero attached hydrogens (tertiary/aromatic N) is 1. The van der Waals surface area contributed by atoms with Crippen LogP contribution in [0.1, 0.15) is 39.0 Å². The lowest BCUT2D eigenvalue weighted by molar-refractivity contribution is -0.145. The van der Waals surface area contributed by atoms with Crippen molar-refractivity contribution in [2.75, 3.05) is 33.3 Å². The number of piperidine rings is 1. The normalized spacial score (nSPS) is 32.8. The fraction of sp³-hybridized carbons (Fsp3) is 0.929. The molecular formula is C14H26N2O2.